The lowest BCUT2D eigenvalue weighted by Crippen LogP contribution is -2.08. The van der Waals surface area contributed by atoms with Crippen LogP contribution in [0.4, 0.5) is 23.0 Å². The molecule has 2 aromatic carbocycles. The molecule has 1 heterocycles. The SMILES string of the molecule is COc1ccc(CNc2ncnc(Nc3ccc(Br)cc3)c2N)cc1. The average Bonchev–Trinajstić information content (AvgIpc) is 2.64. The molecule has 0 aliphatic carbocycles. The molecule has 0 radical (unpaired) electrons. The van der Waals surface area contributed by atoms with Gasteiger partial charge in [0, 0.05) is 16.7 Å². The summed E-state index contributed by atoms with van der Waals surface area (Å²) >= 11 is 3.41. The Labute approximate surface area is 154 Å². The van der Waals surface area contributed by atoms with Crippen LogP contribution in [0.25, 0.3) is 0 Å². The van der Waals surface area contributed by atoms with Crippen LogP contribution < -0.4 is 21.1 Å². The van der Waals surface area contributed by atoms with E-state index in [2.05, 4.69) is 36.5 Å². The van der Waals surface area contributed by atoms with E-state index in [4.69, 9.17) is 10.5 Å². The Morgan fingerprint density at radius 2 is 1.68 bits per heavy atom. The number of hydrogen-bond acceptors (Lipinski definition) is 6. The minimum Gasteiger partial charge on any atom is -0.497 e. The summed E-state index contributed by atoms with van der Waals surface area (Å²) in [7, 11) is 1.65. The second kappa shape index (κ2) is 7.85. The van der Waals surface area contributed by atoms with Gasteiger partial charge in [-0.15, -0.1) is 0 Å². The second-order valence-electron chi connectivity index (χ2n) is 5.32. The summed E-state index contributed by atoms with van der Waals surface area (Å²) in [5.41, 5.74) is 8.66. The van der Waals surface area contributed by atoms with Crippen LogP contribution in [-0.2, 0) is 6.54 Å². The molecule has 4 N–H and O–H groups in total. The number of benzene rings is 2. The summed E-state index contributed by atoms with van der Waals surface area (Å²) in [5, 5.41) is 6.44. The van der Waals surface area contributed by atoms with Crippen LogP contribution in [0, 0.1) is 0 Å². The fourth-order valence-electron chi connectivity index (χ4n) is 2.24. The highest BCUT2D eigenvalue weighted by Gasteiger charge is 2.08. The van der Waals surface area contributed by atoms with Gasteiger partial charge in [0.1, 0.15) is 17.8 Å². The third-order valence-electron chi connectivity index (χ3n) is 3.61. The number of methoxy groups -OCH3 is 1. The van der Waals surface area contributed by atoms with Gasteiger partial charge in [-0.25, -0.2) is 9.97 Å². The van der Waals surface area contributed by atoms with E-state index < -0.39 is 0 Å². The molecule has 0 aliphatic rings. The fourth-order valence-corrected chi connectivity index (χ4v) is 2.50. The van der Waals surface area contributed by atoms with Gasteiger partial charge in [0.2, 0.25) is 0 Å². The number of hydrogen-bond donors (Lipinski definition) is 3. The Morgan fingerprint density at radius 1 is 1.00 bits per heavy atom. The first-order valence-electron chi connectivity index (χ1n) is 7.65. The number of ether oxygens (including phenoxy) is 1. The standard InChI is InChI=1S/C18H18BrN5O/c1-25-15-8-2-12(3-9-15)10-21-17-16(20)18(23-11-22-17)24-14-6-4-13(19)5-7-14/h2-9,11H,10,20H2,1H3,(H2,21,22,23,24). The highest BCUT2D eigenvalue weighted by molar-refractivity contribution is 9.10. The van der Waals surface area contributed by atoms with E-state index in [1.165, 1.54) is 6.33 Å². The van der Waals surface area contributed by atoms with Gasteiger partial charge in [-0.1, -0.05) is 28.1 Å². The number of nitrogen functional groups attached to an aromatic ring is 1. The first-order valence-corrected chi connectivity index (χ1v) is 8.45. The van der Waals surface area contributed by atoms with E-state index in [0.717, 1.165) is 21.5 Å². The maximum absolute atomic E-state index is 6.19. The Morgan fingerprint density at radius 3 is 2.36 bits per heavy atom. The van der Waals surface area contributed by atoms with Gasteiger partial charge in [0.15, 0.2) is 11.6 Å². The van der Waals surface area contributed by atoms with Crippen LogP contribution in [-0.4, -0.2) is 17.1 Å². The number of nitrogens with one attached hydrogen (secondary N) is 2. The second-order valence-corrected chi connectivity index (χ2v) is 6.23. The molecule has 0 atom stereocenters. The Hall–Kier alpha value is -2.80. The molecule has 0 amide bonds. The predicted octanol–water partition coefficient (Wildman–Crippen LogP) is 4.19. The molecule has 128 valence electrons. The van der Waals surface area contributed by atoms with Crippen molar-refractivity contribution >= 4 is 38.9 Å². The summed E-state index contributed by atoms with van der Waals surface area (Å²) in [6.07, 6.45) is 1.48. The first-order chi connectivity index (χ1) is 12.2. The summed E-state index contributed by atoms with van der Waals surface area (Å²) in [5.74, 6) is 1.98. The van der Waals surface area contributed by atoms with Crippen molar-refractivity contribution in [2.24, 2.45) is 0 Å². The van der Waals surface area contributed by atoms with Crippen molar-refractivity contribution < 1.29 is 4.74 Å². The molecule has 3 aromatic rings. The summed E-state index contributed by atoms with van der Waals surface area (Å²) in [4.78, 5) is 8.44. The lowest BCUT2D eigenvalue weighted by Gasteiger charge is -2.13. The van der Waals surface area contributed by atoms with Crippen LogP contribution in [0.3, 0.4) is 0 Å². The zero-order valence-electron chi connectivity index (χ0n) is 13.7. The lowest BCUT2D eigenvalue weighted by molar-refractivity contribution is 0.414. The molecule has 3 rings (SSSR count). The zero-order valence-corrected chi connectivity index (χ0v) is 15.2. The molecule has 7 heteroatoms. The molecule has 0 bridgehead atoms. The van der Waals surface area contributed by atoms with Crippen molar-refractivity contribution in [2.75, 3.05) is 23.5 Å². The minimum absolute atomic E-state index is 0.471. The number of halogens is 1. The summed E-state index contributed by atoms with van der Waals surface area (Å²) in [6.45, 7) is 0.600. The van der Waals surface area contributed by atoms with E-state index >= 15 is 0 Å². The van der Waals surface area contributed by atoms with Crippen molar-refractivity contribution in [2.45, 2.75) is 6.54 Å². The van der Waals surface area contributed by atoms with Crippen LogP contribution in [0.15, 0.2) is 59.3 Å². The van der Waals surface area contributed by atoms with E-state index in [-0.39, 0.29) is 0 Å². The zero-order chi connectivity index (χ0) is 17.6. The van der Waals surface area contributed by atoms with Crippen LogP contribution >= 0.6 is 15.9 Å². The number of aromatic nitrogens is 2. The Bertz CT molecular complexity index is 837. The highest BCUT2D eigenvalue weighted by Crippen LogP contribution is 2.26. The molecule has 0 aliphatic heterocycles. The largest absolute Gasteiger partial charge is 0.497 e. The fraction of sp³-hybridized carbons (Fsp3) is 0.111. The summed E-state index contributed by atoms with van der Waals surface area (Å²) in [6, 6.07) is 15.6. The topological polar surface area (TPSA) is 85.1 Å². The Balaban J connectivity index is 1.70. The smallest absolute Gasteiger partial charge is 0.159 e. The van der Waals surface area contributed by atoms with Crippen LogP contribution in [0.5, 0.6) is 5.75 Å². The number of nitrogens with two attached hydrogens (primary N) is 1. The van der Waals surface area contributed by atoms with Gasteiger partial charge < -0.3 is 21.1 Å². The molecular formula is C18H18BrN5O. The number of rotatable bonds is 6. The van der Waals surface area contributed by atoms with Crippen molar-refractivity contribution in [1.29, 1.82) is 0 Å². The average molecular weight is 400 g/mol. The van der Waals surface area contributed by atoms with E-state index in [1.807, 2.05) is 48.5 Å². The molecule has 0 fully saturated rings. The maximum Gasteiger partial charge on any atom is 0.159 e. The predicted molar refractivity (Wildman–Crippen MR) is 104 cm³/mol. The number of anilines is 4. The van der Waals surface area contributed by atoms with Gasteiger partial charge in [0.25, 0.3) is 0 Å². The van der Waals surface area contributed by atoms with Gasteiger partial charge in [-0.05, 0) is 42.0 Å². The molecule has 25 heavy (non-hydrogen) atoms. The van der Waals surface area contributed by atoms with Gasteiger partial charge in [-0.3, -0.25) is 0 Å². The number of nitrogens with zero attached hydrogens (tertiary/aromatic N) is 2. The van der Waals surface area contributed by atoms with E-state index in [9.17, 15) is 0 Å². The van der Waals surface area contributed by atoms with Gasteiger partial charge in [-0.2, -0.15) is 0 Å². The minimum atomic E-state index is 0.471. The molecular weight excluding hydrogens is 382 g/mol. The summed E-state index contributed by atoms with van der Waals surface area (Å²) < 4.78 is 6.17. The molecule has 1 aromatic heterocycles. The van der Waals surface area contributed by atoms with Crippen molar-refractivity contribution in [3.05, 3.63) is 64.9 Å². The highest BCUT2D eigenvalue weighted by atomic mass is 79.9. The van der Waals surface area contributed by atoms with Gasteiger partial charge in [0.05, 0.1) is 7.11 Å². The molecule has 0 saturated carbocycles. The maximum atomic E-state index is 6.19. The van der Waals surface area contributed by atoms with Gasteiger partial charge >= 0.3 is 0 Å². The third-order valence-corrected chi connectivity index (χ3v) is 4.14. The molecule has 0 unspecified atom stereocenters. The van der Waals surface area contributed by atoms with E-state index in [0.29, 0.717) is 23.9 Å². The van der Waals surface area contributed by atoms with Crippen molar-refractivity contribution in [1.82, 2.24) is 9.97 Å². The molecule has 6 nitrogen and oxygen atoms in total. The van der Waals surface area contributed by atoms with E-state index in [1.54, 1.807) is 7.11 Å². The Kier molecular flexibility index (Phi) is 5.35. The third kappa shape index (κ3) is 4.39. The lowest BCUT2D eigenvalue weighted by atomic mass is 10.2. The van der Waals surface area contributed by atoms with Crippen LogP contribution in [0.2, 0.25) is 0 Å². The van der Waals surface area contributed by atoms with Crippen LogP contribution in [0.1, 0.15) is 5.56 Å². The molecule has 0 saturated heterocycles. The normalized spacial score (nSPS) is 10.3. The van der Waals surface area contributed by atoms with Crippen molar-refractivity contribution in [3.8, 4) is 5.75 Å². The monoisotopic (exact) mass is 399 g/mol. The quantitative estimate of drug-likeness (QED) is 0.576. The first kappa shape index (κ1) is 17.0. The molecule has 0 spiro atoms. The van der Waals surface area contributed by atoms with Crippen molar-refractivity contribution in [3.63, 3.8) is 0 Å².